The van der Waals surface area contributed by atoms with Crippen LogP contribution in [0.25, 0.3) is 0 Å². The SMILES string of the molecule is CCC1CCCCC1OC(=O)C1(N)CCC(C)CC1. The number of carbonyl (C=O) groups is 1. The first kappa shape index (κ1) is 14.8. The van der Waals surface area contributed by atoms with Crippen molar-refractivity contribution in [2.24, 2.45) is 17.6 Å². The van der Waals surface area contributed by atoms with Gasteiger partial charge in [-0.1, -0.05) is 20.3 Å². The van der Waals surface area contributed by atoms with E-state index in [-0.39, 0.29) is 12.1 Å². The molecule has 2 atom stereocenters. The summed E-state index contributed by atoms with van der Waals surface area (Å²) in [5, 5.41) is 0. The van der Waals surface area contributed by atoms with Crippen LogP contribution in [0, 0.1) is 11.8 Å². The van der Waals surface area contributed by atoms with Gasteiger partial charge < -0.3 is 10.5 Å². The summed E-state index contributed by atoms with van der Waals surface area (Å²) < 4.78 is 5.81. The zero-order valence-corrected chi connectivity index (χ0v) is 12.5. The first-order valence-electron chi connectivity index (χ1n) is 8.05. The summed E-state index contributed by atoms with van der Waals surface area (Å²) in [5.41, 5.74) is 5.59. The fourth-order valence-corrected chi connectivity index (χ4v) is 3.53. The molecule has 0 amide bonds. The molecule has 0 aromatic heterocycles. The van der Waals surface area contributed by atoms with Crippen molar-refractivity contribution in [2.45, 2.75) is 83.3 Å². The molecule has 110 valence electrons. The van der Waals surface area contributed by atoms with Gasteiger partial charge in [0.2, 0.25) is 0 Å². The minimum atomic E-state index is -0.706. The molecule has 0 saturated heterocycles. The number of hydrogen-bond acceptors (Lipinski definition) is 3. The number of carbonyl (C=O) groups excluding carboxylic acids is 1. The normalized spacial score (nSPS) is 39.8. The topological polar surface area (TPSA) is 52.3 Å². The van der Waals surface area contributed by atoms with E-state index in [1.165, 1.54) is 19.3 Å². The highest BCUT2D eigenvalue weighted by atomic mass is 16.5. The molecule has 2 fully saturated rings. The molecule has 0 aliphatic heterocycles. The Balaban J connectivity index is 1.92. The van der Waals surface area contributed by atoms with E-state index in [1.807, 2.05) is 0 Å². The smallest absolute Gasteiger partial charge is 0.326 e. The van der Waals surface area contributed by atoms with E-state index in [0.29, 0.717) is 11.8 Å². The number of rotatable bonds is 3. The van der Waals surface area contributed by atoms with E-state index in [1.54, 1.807) is 0 Å². The van der Waals surface area contributed by atoms with Gasteiger partial charge >= 0.3 is 5.97 Å². The Labute approximate surface area is 117 Å². The fraction of sp³-hybridized carbons (Fsp3) is 0.938. The second-order valence-corrected chi connectivity index (χ2v) is 6.74. The maximum Gasteiger partial charge on any atom is 0.326 e. The van der Waals surface area contributed by atoms with E-state index >= 15 is 0 Å². The van der Waals surface area contributed by atoms with Gasteiger partial charge in [-0.05, 0) is 63.2 Å². The summed E-state index contributed by atoms with van der Waals surface area (Å²) in [6.45, 7) is 4.43. The zero-order chi connectivity index (χ0) is 13.9. The van der Waals surface area contributed by atoms with Crippen molar-refractivity contribution in [3.63, 3.8) is 0 Å². The molecule has 2 saturated carbocycles. The summed E-state index contributed by atoms with van der Waals surface area (Å²) in [6.07, 6.45) is 9.58. The highest BCUT2D eigenvalue weighted by molar-refractivity contribution is 5.80. The van der Waals surface area contributed by atoms with Gasteiger partial charge in [0.15, 0.2) is 0 Å². The first-order chi connectivity index (χ1) is 9.05. The lowest BCUT2D eigenvalue weighted by Gasteiger charge is -2.37. The second kappa shape index (κ2) is 6.25. The van der Waals surface area contributed by atoms with Crippen molar-refractivity contribution in [2.75, 3.05) is 0 Å². The monoisotopic (exact) mass is 267 g/mol. The standard InChI is InChI=1S/C16H29NO2/c1-3-13-6-4-5-7-14(13)19-15(18)16(17)10-8-12(2)9-11-16/h12-14H,3-11,17H2,1-2H3. The third-order valence-corrected chi connectivity index (χ3v) is 5.20. The van der Waals surface area contributed by atoms with E-state index in [0.717, 1.165) is 38.5 Å². The van der Waals surface area contributed by atoms with Crippen molar-refractivity contribution in [1.29, 1.82) is 0 Å². The maximum atomic E-state index is 12.4. The Morgan fingerprint density at radius 1 is 1.21 bits per heavy atom. The van der Waals surface area contributed by atoms with Crippen LogP contribution in [-0.2, 0) is 9.53 Å². The number of ether oxygens (including phenoxy) is 1. The van der Waals surface area contributed by atoms with Gasteiger partial charge in [-0.2, -0.15) is 0 Å². The summed E-state index contributed by atoms with van der Waals surface area (Å²) in [5.74, 6) is 1.11. The molecule has 2 aliphatic carbocycles. The highest BCUT2D eigenvalue weighted by Gasteiger charge is 2.40. The second-order valence-electron chi connectivity index (χ2n) is 6.74. The Kier molecular flexibility index (Phi) is 4.88. The Hall–Kier alpha value is -0.570. The summed E-state index contributed by atoms with van der Waals surface area (Å²) >= 11 is 0. The molecular weight excluding hydrogens is 238 g/mol. The van der Waals surface area contributed by atoms with Crippen molar-refractivity contribution < 1.29 is 9.53 Å². The minimum absolute atomic E-state index is 0.117. The van der Waals surface area contributed by atoms with E-state index < -0.39 is 5.54 Å². The maximum absolute atomic E-state index is 12.4. The van der Waals surface area contributed by atoms with Crippen LogP contribution in [0.4, 0.5) is 0 Å². The number of nitrogens with two attached hydrogens (primary N) is 1. The van der Waals surface area contributed by atoms with Gasteiger partial charge in [-0.15, -0.1) is 0 Å². The van der Waals surface area contributed by atoms with Gasteiger partial charge in [0, 0.05) is 0 Å². The average Bonchev–Trinajstić information content (AvgIpc) is 2.43. The largest absolute Gasteiger partial charge is 0.461 e. The molecule has 0 radical (unpaired) electrons. The lowest BCUT2D eigenvalue weighted by atomic mass is 9.77. The zero-order valence-electron chi connectivity index (χ0n) is 12.5. The van der Waals surface area contributed by atoms with E-state index in [9.17, 15) is 4.79 Å². The highest BCUT2D eigenvalue weighted by Crippen LogP contribution is 2.34. The predicted molar refractivity (Wildman–Crippen MR) is 76.7 cm³/mol. The molecular formula is C16H29NO2. The summed E-state index contributed by atoms with van der Waals surface area (Å²) in [6, 6.07) is 0. The van der Waals surface area contributed by atoms with Crippen LogP contribution in [0.1, 0.15) is 71.6 Å². The summed E-state index contributed by atoms with van der Waals surface area (Å²) in [4.78, 5) is 12.4. The quantitative estimate of drug-likeness (QED) is 0.797. The molecule has 2 unspecified atom stereocenters. The Morgan fingerprint density at radius 3 is 2.47 bits per heavy atom. The third kappa shape index (κ3) is 3.50. The molecule has 2 rings (SSSR count). The van der Waals surface area contributed by atoms with Crippen LogP contribution in [0.3, 0.4) is 0 Å². The third-order valence-electron chi connectivity index (χ3n) is 5.20. The molecule has 0 heterocycles. The van der Waals surface area contributed by atoms with Gasteiger partial charge in [-0.3, -0.25) is 4.79 Å². The lowest BCUT2D eigenvalue weighted by molar-refractivity contribution is -0.162. The molecule has 19 heavy (non-hydrogen) atoms. The van der Waals surface area contributed by atoms with Crippen LogP contribution >= 0.6 is 0 Å². The van der Waals surface area contributed by atoms with Crippen LogP contribution in [-0.4, -0.2) is 17.6 Å². The Bertz CT molecular complexity index is 308. The molecule has 2 N–H and O–H groups in total. The van der Waals surface area contributed by atoms with Crippen LogP contribution in [0.2, 0.25) is 0 Å². The summed E-state index contributed by atoms with van der Waals surface area (Å²) in [7, 11) is 0. The van der Waals surface area contributed by atoms with Crippen molar-refractivity contribution in [1.82, 2.24) is 0 Å². The van der Waals surface area contributed by atoms with Crippen molar-refractivity contribution >= 4 is 5.97 Å². The van der Waals surface area contributed by atoms with Crippen LogP contribution in [0.5, 0.6) is 0 Å². The Morgan fingerprint density at radius 2 is 1.84 bits per heavy atom. The predicted octanol–water partition coefficient (Wildman–Crippen LogP) is 3.41. The number of hydrogen-bond donors (Lipinski definition) is 1. The molecule has 3 nitrogen and oxygen atoms in total. The van der Waals surface area contributed by atoms with Crippen molar-refractivity contribution in [3.05, 3.63) is 0 Å². The first-order valence-corrected chi connectivity index (χ1v) is 8.05. The average molecular weight is 267 g/mol. The van der Waals surface area contributed by atoms with E-state index in [2.05, 4.69) is 13.8 Å². The van der Waals surface area contributed by atoms with Gasteiger partial charge in [0.1, 0.15) is 11.6 Å². The van der Waals surface area contributed by atoms with Gasteiger partial charge in [0.25, 0.3) is 0 Å². The van der Waals surface area contributed by atoms with E-state index in [4.69, 9.17) is 10.5 Å². The molecule has 0 aromatic carbocycles. The van der Waals surface area contributed by atoms with Crippen LogP contribution in [0.15, 0.2) is 0 Å². The molecule has 0 aromatic rings. The van der Waals surface area contributed by atoms with Gasteiger partial charge in [-0.25, -0.2) is 0 Å². The molecule has 3 heteroatoms. The minimum Gasteiger partial charge on any atom is -0.461 e. The fourth-order valence-electron chi connectivity index (χ4n) is 3.53. The molecule has 2 aliphatic rings. The van der Waals surface area contributed by atoms with Gasteiger partial charge in [0.05, 0.1) is 0 Å². The number of esters is 1. The molecule has 0 bridgehead atoms. The molecule has 0 spiro atoms. The van der Waals surface area contributed by atoms with Crippen LogP contribution < -0.4 is 5.73 Å². The lowest BCUT2D eigenvalue weighted by Crippen LogP contribution is -2.52. The van der Waals surface area contributed by atoms with Crippen molar-refractivity contribution in [3.8, 4) is 0 Å².